The number of phosphoric acid groups is 2. The lowest BCUT2D eigenvalue weighted by atomic mass is 10.0. The highest BCUT2D eigenvalue weighted by molar-refractivity contribution is 7.45. The van der Waals surface area contributed by atoms with Gasteiger partial charge in [0.15, 0.2) is 0 Å². The Labute approximate surface area is 175 Å². The number of hydrogen-bond donors (Lipinski definition) is 9. The maximum absolute atomic E-state index is 8.88. The Hall–Kier alpha value is 0.1000. The maximum atomic E-state index is 8.88. The van der Waals surface area contributed by atoms with Gasteiger partial charge < -0.3 is 40.7 Å². The molecule has 0 saturated heterocycles. The standard InChI is InChI=1S/C16H35NO.H3N.2H3O4P/c1-2-3-4-5-6-7-8-9-10-11-12-13-14-15-16-17-18;;2*1-5(2,3)4/h17-18H,2-16H2,1H3;1H3;2*(H3,1,2,3,4). The van der Waals surface area contributed by atoms with Crippen molar-refractivity contribution in [1.82, 2.24) is 11.6 Å². The molecule has 29 heavy (non-hydrogen) atoms. The fourth-order valence-electron chi connectivity index (χ4n) is 2.40. The molecule has 0 fully saturated rings. The van der Waals surface area contributed by atoms with Gasteiger partial charge in [-0.3, -0.25) is 0 Å². The zero-order valence-corrected chi connectivity index (χ0v) is 19.4. The molecule has 0 saturated carbocycles. The van der Waals surface area contributed by atoms with E-state index in [1.807, 2.05) is 0 Å². The lowest BCUT2D eigenvalue weighted by molar-refractivity contribution is 0.164. The summed E-state index contributed by atoms with van der Waals surface area (Å²) in [5, 5.41) is 8.41. The molecular weight excluding hydrogens is 426 g/mol. The third-order valence-electron chi connectivity index (χ3n) is 3.64. The van der Waals surface area contributed by atoms with Crippen LogP contribution >= 0.6 is 15.6 Å². The molecule has 0 aliphatic rings. The number of rotatable bonds is 15. The van der Waals surface area contributed by atoms with E-state index in [2.05, 4.69) is 12.4 Å². The van der Waals surface area contributed by atoms with Crippen LogP contribution in [0.1, 0.15) is 96.8 Å². The first-order valence-corrected chi connectivity index (χ1v) is 13.0. The Balaban J connectivity index is -0.000000235. The Kier molecular flexibility index (Phi) is 32.9. The molecule has 0 bridgehead atoms. The second-order valence-corrected chi connectivity index (χ2v) is 8.58. The van der Waals surface area contributed by atoms with E-state index in [1.165, 1.54) is 83.5 Å². The summed E-state index contributed by atoms with van der Waals surface area (Å²) in [6, 6.07) is 0. The first-order chi connectivity index (χ1) is 12.9. The molecule has 0 amide bonds. The highest BCUT2D eigenvalue weighted by Gasteiger charge is 2.00. The molecule has 0 radical (unpaired) electrons. The van der Waals surface area contributed by atoms with Gasteiger partial charge in [0.05, 0.1) is 0 Å². The number of hydroxylamine groups is 1. The van der Waals surface area contributed by atoms with Crippen molar-refractivity contribution >= 4 is 15.6 Å². The largest absolute Gasteiger partial charge is 0.466 e. The van der Waals surface area contributed by atoms with E-state index in [1.54, 1.807) is 0 Å². The van der Waals surface area contributed by atoms with Crippen molar-refractivity contribution in [2.75, 3.05) is 6.54 Å². The molecule has 0 heterocycles. The van der Waals surface area contributed by atoms with Gasteiger partial charge in [0.1, 0.15) is 0 Å². The van der Waals surface area contributed by atoms with Gasteiger partial charge in [0.25, 0.3) is 0 Å². The lowest BCUT2D eigenvalue weighted by Crippen LogP contribution is -2.07. The van der Waals surface area contributed by atoms with Crippen molar-refractivity contribution in [2.24, 2.45) is 0 Å². The van der Waals surface area contributed by atoms with E-state index >= 15 is 0 Å². The van der Waals surface area contributed by atoms with Crippen molar-refractivity contribution in [2.45, 2.75) is 96.8 Å². The molecule has 0 aliphatic heterocycles. The molecular formula is C16H44N2O9P2. The van der Waals surface area contributed by atoms with Crippen LogP contribution in [0, 0.1) is 0 Å². The summed E-state index contributed by atoms with van der Waals surface area (Å²) in [6.07, 6.45) is 19.4. The van der Waals surface area contributed by atoms with E-state index in [-0.39, 0.29) is 6.15 Å². The van der Waals surface area contributed by atoms with Crippen LogP contribution in [0.25, 0.3) is 0 Å². The van der Waals surface area contributed by atoms with Crippen LogP contribution in [-0.4, -0.2) is 41.1 Å². The second-order valence-electron chi connectivity index (χ2n) is 6.53. The van der Waals surface area contributed by atoms with Gasteiger partial charge in [-0.15, -0.1) is 0 Å². The molecule has 13 heteroatoms. The summed E-state index contributed by atoms with van der Waals surface area (Å²) in [7, 11) is -9.28. The molecule has 182 valence electrons. The second kappa shape index (κ2) is 26.1. The first-order valence-electron chi connectivity index (χ1n) is 9.85. The smallest absolute Gasteiger partial charge is 0.344 e. The molecule has 0 rings (SSSR count). The average Bonchev–Trinajstić information content (AvgIpc) is 2.52. The summed E-state index contributed by atoms with van der Waals surface area (Å²) in [6.45, 7) is 3.03. The minimum absolute atomic E-state index is 0. The third-order valence-corrected chi connectivity index (χ3v) is 3.64. The van der Waals surface area contributed by atoms with E-state index in [4.69, 9.17) is 43.7 Å². The highest BCUT2D eigenvalue weighted by atomic mass is 31.2. The molecule has 0 aromatic carbocycles. The zero-order chi connectivity index (χ0) is 22.3. The number of hydrogen-bond acceptors (Lipinski definition) is 5. The minimum Gasteiger partial charge on any atom is -0.344 e. The zero-order valence-electron chi connectivity index (χ0n) is 17.7. The molecule has 11 nitrogen and oxygen atoms in total. The predicted molar refractivity (Wildman–Crippen MR) is 114 cm³/mol. The van der Waals surface area contributed by atoms with Crippen molar-refractivity contribution in [3.8, 4) is 0 Å². The van der Waals surface area contributed by atoms with Gasteiger partial charge in [-0.1, -0.05) is 90.4 Å². The van der Waals surface area contributed by atoms with Gasteiger partial charge >= 0.3 is 15.6 Å². The number of nitrogens with one attached hydrogen (secondary N) is 1. The van der Waals surface area contributed by atoms with Gasteiger partial charge in [-0.05, 0) is 6.42 Å². The maximum Gasteiger partial charge on any atom is 0.466 e. The Morgan fingerprint density at radius 1 is 0.552 bits per heavy atom. The Bertz CT molecular complexity index is 340. The van der Waals surface area contributed by atoms with Crippen LogP contribution in [0.4, 0.5) is 0 Å². The summed E-state index contributed by atoms with van der Waals surface area (Å²) >= 11 is 0. The summed E-state index contributed by atoms with van der Waals surface area (Å²) in [5.41, 5.74) is 2.21. The van der Waals surface area contributed by atoms with Gasteiger partial charge in [-0.2, -0.15) is 0 Å². The average molecular weight is 470 g/mol. The Morgan fingerprint density at radius 2 is 0.759 bits per heavy atom. The SMILES string of the molecule is CCCCCCCCCCCCCCCCNO.N.O=P(O)(O)O.O=P(O)(O)O. The minimum atomic E-state index is -4.64. The first kappa shape index (κ1) is 36.5. The Morgan fingerprint density at radius 3 is 0.966 bits per heavy atom. The van der Waals surface area contributed by atoms with Gasteiger partial charge in [0.2, 0.25) is 0 Å². The van der Waals surface area contributed by atoms with Crippen LogP contribution in [-0.2, 0) is 9.13 Å². The molecule has 0 spiro atoms. The van der Waals surface area contributed by atoms with Crippen LogP contribution in [0.15, 0.2) is 0 Å². The highest BCUT2D eigenvalue weighted by Crippen LogP contribution is 2.26. The summed E-state index contributed by atoms with van der Waals surface area (Å²) < 4.78 is 17.8. The fourth-order valence-corrected chi connectivity index (χ4v) is 2.40. The molecule has 0 aromatic heterocycles. The van der Waals surface area contributed by atoms with Crippen LogP contribution in [0.3, 0.4) is 0 Å². The predicted octanol–water partition coefficient (Wildman–Crippen LogP) is 3.75. The molecule has 0 unspecified atom stereocenters. The molecule has 11 N–H and O–H groups in total. The third kappa shape index (κ3) is 84.0. The molecule has 0 aromatic rings. The molecule has 0 atom stereocenters. The van der Waals surface area contributed by atoms with Crippen molar-refractivity contribution in [3.63, 3.8) is 0 Å². The van der Waals surface area contributed by atoms with Gasteiger partial charge in [-0.25, -0.2) is 14.6 Å². The van der Waals surface area contributed by atoms with Gasteiger partial charge in [0, 0.05) is 6.54 Å². The van der Waals surface area contributed by atoms with Crippen molar-refractivity contribution in [3.05, 3.63) is 0 Å². The van der Waals surface area contributed by atoms with E-state index in [0.29, 0.717) is 0 Å². The molecule has 0 aliphatic carbocycles. The topological polar surface area (TPSA) is 223 Å². The van der Waals surface area contributed by atoms with E-state index < -0.39 is 15.6 Å². The van der Waals surface area contributed by atoms with Crippen LogP contribution < -0.4 is 11.6 Å². The monoisotopic (exact) mass is 470 g/mol. The lowest BCUT2D eigenvalue weighted by Gasteiger charge is -2.03. The quantitative estimate of drug-likeness (QED) is 0.0951. The fraction of sp³-hybridized carbons (Fsp3) is 1.00. The van der Waals surface area contributed by atoms with Crippen molar-refractivity contribution in [1.29, 1.82) is 0 Å². The number of unbranched alkanes of at least 4 members (excludes halogenated alkanes) is 13. The summed E-state index contributed by atoms with van der Waals surface area (Å²) in [5.74, 6) is 0. The normalized spacial score (nSPS) is 10.9. The van der Waals surface area contributed by atoms with Crippen LogP contribution in [0.2, 0.25) is 0 Å². The van der Waals surface area contributed by atoms with Crippen molar-refractivity contribution < 1.29 is 43.7 Å². The summed E-state index contributed by atoms with van der Waals surface area (Å²) in [4.78, 5) is 43.1. The van der Waals surface area contributed by atoms with E-state index in [0.717, 1.165) is 13.0 Å². The van der Waals surface area contributed by atoms with E-state index in [9.17, 15) is 0 Å². The van der Waals surface area contributed by atoms with Crippen LogP contribution in [0.5, 0.6) is 0 Å².